The average molecular weight is 300 g/mol. The molecule has 21 heavy (non-hydrogen) atoms. The summed E-state index contributed by atoms with van der Waals surface area (Å²) in [6.45, 7) is 0. The standard InChI is InChI=1S/C15H16N4OS/c1-19(2)14(10-5-6-21-9-10)15(20)17-12-3-4-13-11(7-12)8-16-18-13/h3-9,14H,1-2H3,(H,16,18)(H,17,20). The molecule has 0 bridgehead atoms. The Labute approximate surface area is 126 Å². The molecule has 2 heterocycles. The first-order valence-corrected chi connectivity index (χ1v) is 7.52. The number of thiophene rings is 1. The molecular weight excluding hydrogens is 284 g/mol. The van der Waals surface area contributed by atoms with Crippen LogP contribution in [-0.2, 0) is 4.79 Å². The molecule has 0 saturated carbocycles. The summed E-state index contributed by atoms with van der Waals surface area (Å²) in [7, 11) is 3.81. The maximum absolute atomic E-state index is 12.6. The number of nitrogens with zero attached hydrogens (tertiary/aromatic N) is 2. The second-order valence-electron chi connectivity index (χ2n) is 5.08. The minimum atomic E-state index is -0.295. The summed E-state index contributed by atoms with van der Waals surface area (Å²) >= 11 is 1.59. The van der Waals surface area contributed by atoms with Gasteiger partial charge in [0.2, 0.25) is 5.91 Å². The van der Waals surface area contributed by atoms with Crippen LogP contribution in [0.2, 0.25) is 0 Å². The third-order valence-corrected chi connectivity index (χ3v) is 4.03. The molecule has 1 atom stereocenters. The van der Waals surface area contributed by atoms with Crippen LogP contribution in [0.25, 0.3) is 10.9 Å². The van der Waals surface area contributed by atoms with Gasteiger partial charge < -0.3 is 5.32 Å². The van der Waals surface area contributed by atoms with Crippen molar-refractivity contribution in [2.75, 3.05) is 19.4 Å². The normalized spacial score (nSPS) is 12.7. The van der Waals surface area contributed by atoms with E-state index in [1.165, 1.54) is 0 Å². The van der Waals surface area contributed by atoms with E-state index >= 15 is 0 Å². The molecule has 0 fully saturated rings. The average Bonchev–Trinajstić information content (AvgIpc) is 3.08. The van der Waals surface area contributed by atoms with Crippen molar-refractivity contribution in [3.8, 4) is 0 Å². The molecule has 1 amide bonds. The number of likely N-dealkylation sites (N-methyl/N-ethyl adjacent to an activating group) is 1. The second kappa shape index (κ2) is 5.67. The van der Waals surface area contributed by atoms with Gasteiger partial charge >= 0.3 is 0 Å². The summed E-state index contributed by atoms with van der Waals surface area (Å²) in [4.78, 5) is 14.5. The maximum Gasteiger partial charge on any atom is 0.246 e. The first-order chi connectivity index (χ1) is 10.1. The van der Waals surface area contributed by atoms with Crippen LogP contribution in [0.4, 0.5) is 5.69 Å². The number of aromatic amines is 1. The smallest absolute Gasteiger partial charge is 0.246 e. The summed E-state index contributed by atoms with van der Waals surface area (Å²) in [5.74, 6) is -0.0405. The topological polar surface area (TPSA) is 61.0 Å². The van der Waals surface area contributed by atoms with Crippen molar-refractivity contribution in [1.29, 1.82) is 0 Å². The number of amides is 1. The third-order valence-electron chi connectivity index (χ3n) is 3.33. The molecule has 6 heteroatoms. The highest BCUT2D eigenvalue weighted by molar-refractivity contribution is 7.08. The molecule has 5 nitrogen and oxygen atoms in total. The molecule has 0 radical (unpaired) electrons. The van der Waals surface area contributed by atoms with Gasteiger partial charge in [-0.1, -0.05) is 0 Å². The highest BCUT2D eigenvalue weighted by atomic mass is 32.1. The lowest BCUT2D eigenvalue weighted by molar-refractivity contribution is -0.120. The van der Waals surface area contributed by atoms with Crippen molar-refractivity contribution in [2.45, 2.75) is 6.04 Å². The van der Waals surface area contributed by atoms with Crippen molar-refractivity contribution in [3.05, 3.63) is 46.8 Å². The molecule has 108 valence electrons. The number of fused-ring (bicyclic) bond motifs is 1. The van der Waals surface area contributed by atoms with Crippen molar-refractivity contribution in [1.82, 2.24) is 15.1 Å². The summed E-state index contributed by atoms with van der Waals surface area (Å²) in [5, 5.41) is 14.8. The second-order valence-corrected chi connectivity index (χ2v) is 5.86. The van der Waals surface area contributed by atoms with E-state index in [2.05, 4.69) is 15.5 Å². The lowest BCUT2D eigenvalue weighted by Gasteiger charge is -2.22. The Bertz CT molecular complexity index is 748. The molecule has 3 aromatic rings. The van der Waals surface area contributed by atoms with E-state index in [0.717, 1.165) is 22.2 Å². The van der Waals surface area contributed by atoms with Crippen LogP contribution in [0.1, 0.15) is 11.6 Å². The van der Waals surface area contributed by atoms with Crippen molar-refractivity contribution < 1.29 is 4.79 Å². The minimum absolute atomic E-state index is 0.0405. The third kappa shape index (κ3) is 2.81. The minimum Gasteiger partial charge on any atom is -0.324 e. The quantitative estimate of drug-likeness (QED) is 0.779. The van der Waals surface area contributed by atoms with Crippen LogP contribution in [-0.4, -0.2) is 35.1 Å². The van der Waals surface area contributed by atoms with Crippen molar-refractivity contribution >= 4 is 33.8 Å². The van der Waals surface area contributed by atoms with Gasteiger partial charge in [-0.3, -0.25) is 14.8 Å². The van der Waals surface area contributed by atoms with Gasteiger partial charge in [0.05, 0.1) is 11.7 Å². The predicted octanol–water partition coefficient (Wildman–Crippen LogP) is 2.87. The fraction of sp³-hybridized carbons (Fsp3) is 0.200. The SMILES string of the molecule is CN(C)C(C(=O)Nc1ccc2[nH]ncc2c1)c1ccsc1. The summed E-state index contributed by atoms with van der Waals surface area (Å²) in [6.07, 6.45) is 1.74. The molecule has 2 N–H and O–H groups in total. The Morgan fingerprint density at radius 1 is 1.38 bits per heavy atom. The van der Waals surface area contributed by atoms with E-state index in [1.54, 1.807) is 17.5 Å². The van der Waals surface area contributed by atoms with Gasteiger partial charge in [-0.05, 0) is 54.7 Å². The Kier molecular flexibility index (Phi) is 3.72. The number of nitrogens with one attached hydrogen (secondary N) is 2. The number of rotatable bonds is 4. The van der Waals surface area contributed by atoms with Gasteiger partial charge in [0.25, 0.3) is 0 Å². The van der Waals surface area contributed by atoms with Crippen LogP contribution in [0, 0.1) is 0 Å². The molecule has 0 spiro atoms. The Morgan fingerprint density at radius 2 is 2.24 bits per heavy atom. The van der Waals surface area contributed by atoms with Crippen LogP contribution < -0.4 is 5.32 Å². The highest BCUT2D eigenvalue weighted by Gasteiger charge is 2.23. The zero-order valence-corrected chi connectivity index (χ0v) is 12.6. The highest BCUT2D eigenvalue weighted by Crippen LogP contribution is 2.24. The first-order valence-electron chi connectivity index (χ1n) is 6.57. The fourth-order valence-electron chi connectivity index (χ4n) is 2.35. The molecule has 0 aliphatic rings. The molecule has 0 saturated heterocycles. The Morgan fingerprint density at radius 3 is 2.95 bits per heavy atom. The number of hydrogen-bond acceptors (Lipinski definition) is 4. The summed E-state index contributed by atoms with van der Waals surface area (Å²) < 4.78 is 0. The van der Waals surface area contributed by atoms with E-state index < -0.39 is 0 Å². The number of carbonyl (C=O) groups is 1. The van der Waals surface area contributed by atoms with E-state index in [9.17, 15) is 4.79 Å². The zero-order chi connectivity index (χ0) is 14.8. The molecular formula is C15H16N4OS. The van der Waals surface area contributed by atoms with Crippen LogP contribution in [0.3, 0.4) is 0 Å². The molecule has 0 aliphatic heterocycles. The van der Waals surface area contributed by atoms with Crippen LogP contribution >= 0.6 is 11.3 Å². The van der Waals surface area contributed by atoms with E-state index in [-0.39, 0.29) is 11.9 Å². The number of hydrogen-bond donors (Lipinski definition) is 2. The van der Waals surface area contributed by atoms with Crippen LogP contribution in [0.5, 0.6) is 0 Å². The van der Waals surface area contributed by atoms with Gasteiger partial charge in [0.1, 0.15) is 6.04 Å². The van der Waals surface area contributed by atoms with Gasteiger partial charge in [0, 0.05) is 11.1 Å². The Hall–Kier alpha value is -2.18. The van der Waals surface area contributed by atoms with Gasteiger partial charge in [-0.25, -0.2) is 0 Å². The van der Waals surface area contributed by atoms with Gasteiger partial charge in [-0.15, -0.1) is 0 Å². The number of H-pyrrole nitrogens is 1. The molecule has 3 rings (SSSR count). The molecule has 0 aliphatic carbocycles. The molecule has 1 aromatic carbocycles. The number of benzene rings is 1. The fourth-order valence-corrected chi connectivity index (χ4v) is 3.02. The summed E-state index contributed by atoms with van der Waals surface area (Å²) in [6, 6.07) is 7.38. The van der Waals surface area contributed by atoms with Crippen molar-refractivity contribution in [2.24, 2.45) is 0 Å². The maximum atomic E-state index is 12.6. The van der Waals surface area contributed by atoms with Crippen molar-refractivity contribution in [3.63, 3.8) is 0 Å². The molecule has 2 aromatic heterocycles. The zero-order valence-electron chi connectivity index (χ0n) is 11.8. The molecule has 1 unspecified atom stereocenters. The lowest BCUT2D eigenvalue weighted by Crippen LogP contribution is -2.31. The van der Waals surface area contributed by atoms with E-state index in [1.807, 2.05) is 54.0 Å². The monoisotopic (exact) mass is 300 g/mol. The van der Waals surface area contributed by atoms with Crippen LogP contribution in [0.15, 0.2) is 41.2 Å². The van der Waals surface area contributed by atoms with Gasteiger partial charge in [-0.2, -0.15) is 16.4 Å². The van der Waals surface area contributed by atoms with Gasteiger partial charge in [0.15, 0.2) is 0 Å². The number of anilines is 1. The lowest BCUT2D eigenvalue weighted by atomic mass is 10.1. The van der Waals surface area contributed by atoms with E-state index in [0.29, 0.717) is 0 Å². The first kappa shape index (κ1) is 13.8. The number of aromatic nitrogens is 2. The van der Waals surface area contributed by atoms with E-state index in [4.69, 9.17) is 0 Å². The number of carbonyl (C=O) groups excluding carboxylic acids is 1. The predicted molar refractivity (Wildman–Crippen MR) is 85.5 cm³/mol. The summed E-state index contributed by atoms with van der Waals surface area (Å²) in [5.41, 5.74) is 2.73. The largest absolute Gasteiger partial charge is 0.324 e. The Balaban J connectivity index is 1.83.